The Hall–Kier alpha value is -3.66. The lowest BCUT2D eigenvalue weighted by Gasteiger charge is -2.59. The van der Waals surface area contributed by atoms with Gasteiger partial charge in [-0.1, -0.05) is 6.07 Å². The molecule has 2 aromatic carbocycles. The fraction of sp³-hybridized carbons (Fsp3) is 0.483. The molecule has 5 aliphatic heterocycles. The number of esters is 1. The van der Waals surface area contributed by atoms with Crippen LogP contribution in [0, 0.1) is 20.4 Å². The zero-order valence-corrected chi connectivity index (χ0v) is 23.8. The molecular formula is C29H29N3O8S. The van der Waals surface area contributed by atoms with E-state index in [9.17, 15) is 19.8 Å². The number of methoxy groups -OCH3 is 1. The molecule has 0 saturated carbocycles. The van der Waals surface area contributed by atoms with Crippen LogP contribution in [0.25, 0.3) is 4.85 Å². The molecule has 6 atom stereocenters. The van der Waals surface area contributed by atoms with Crippen molar-refractivity contribution in [1.29, 1.82) is 0 Å². The van der Waals surface area contributed by atoms with E-state index >= 15 is 0 Å². The summed E-state index contributed by atoms with van der Waals surface area (Å²) in [6.45, 7) is 11.8. The number of phenols is 2. The number of aromatic hydroxyl groups is 2. The number of piperazine rings is 1. The molecule has 0 spiro atoms. The van der Waals surface area contributed by atoms with Crippen molar-refractivity contribution in [2.75, 3.05) is 33.3 Å². The molecular weight excluding hydrogens is 550 g/mol. The standard InChI is InChI=1S/C29H29N3O8S/c1-11-6-13-7-14-28(30-3)32-15-8-38-29(36)16(33)9-41-27(19-18(15)26-25(39-10-40-26)12(2)22(19)34)21(32)20(31(14)4)17(13)23(35)24(11)37-5/h6,14-15,20-21,27-28,34-35H,7-10H2,1-2,4-5H3/t14-,15-,20-,21?,27-,28-/m1/s1. The van der Waals surface area contributed by atoms with Gasteiger partial charge in [-0.2, -0.15) is 0 Å². The molecule has 0 radical (unpaired) electrons. The number of nitrogens with zero attached hydrogens (tertiary/aromatic N) is 3. The summed E-state index contributed by atoms with van der Waals surface area (Å²) in [6, 6.07) is 0.137. The molecule has 2 aromatic rings. The molecule has 4 bridgehead atoms. The van der Waals surface area contributed by atoms with Gasteiger partial charge >= 0.3 is 5.97 Å². The summed E-state index contributed by atoms with van der Waals surface area (Å²) in [4.78, 5) is 33.7. The number of Topliss-reactive ketones (excluding diaryl/α,β-unsaturated/α-hetero) is 1. The lowest BCUT2D eigenvalue weighted by atomic mass is 9.72. The second-order valence-electron chi connectivity index (χ2n) is 11.1. The molecule has 12 heteroatoms. The average molecular weight is 580 g/mol. The van der Waals surface area contributed by atoms with Gasteiger partial charge < -0.3 is 29.2 Å². The molecule has 7 rings (SSSR count). The lowest BCUT2D eigenvalue weighted by molar-refractivity contribution is -0.157. The maximum Gasteiger partial charge on any atom is 0.375 e. The van der Waals surface area contributed by atoms with Crippen molar-refractivity contribution in [3.05, 3.63) is 50.9 Å². The van der Waals surface area contributed by atoms with Crippen LogP contribution in [0.2, 0.25) is 0 Å². The summed E-state index contributed by atoms with van der Waals surface area (Å²) in [5.74, 6) is -0.430. The van der Waals surface area contributed by atoms with Crippen LogP contribution in [-0.2, 0) is 20.7 Å². The Labute approximate surface area is 240 Å². The summed E-state index contributed by atoms with van der Waals surface area (Å²) >= 11 is 1.23. The Balaban J connectivity index is 1.55. The van der Waals surface area contributed by atoms with E-state index in [0.29, 0.717) is 45.9 Å². The molecule has 214 valence electrons. The fourth-order valence-corrected chi connectivity index (χ4v) is 8.94. The van der Waals surface area contributed by atoms with Gasteiger partial charge in [-0.25, -0.2) is 16.3 Å². The largest absolute Gasteiger partial charge is 0.507 e. The van der Waals surface area contributed by atoms with Gasteiger partial charge in [-0.05, 0) is 38.4 Å². The van der Waals surface area contributed by atoms with Crippen molar-refractivity contribution >= 4 is 23.5 Å². The van der Waals surface area contributed by atoms with E-state index in [-0.39, 0.29) is 36.7 Å². The average Bonchev–Trinajstić information content (AvgIpc) is 3.44. The maximum atomic E-state index is 12.8. The number of rotatable bonds is 1. The minimum Gasteiger partial charge on any atom is -0.507 e. The molecule has 0 amide bonds. The number of hydrogen-bond acceptors (Lipinski definition) is 11. The number of likely N-dealkylation sites (N-methyl/N-ethyl adjacent to an activating group) is 1. The van der Waals surface area contributed by atoms with Crippen molar-refractivity contribution in [1.82, 2.24) is 9.80 Å². The molecule has 2 fully saturated rings. The molecule has 2 saturated heterocycles. The summed E-state index contributed by atoms with van der Waals surface area (Å²) in [5, 5.41) is 22.7. The first kappa shape index (κ1) is 26.3. The van der Waals surface area contributed by atoms with Crippen LogP contribution in [-0.4, -0.2) is 83.3 Å². The van der Waals surface area contributed by atoms with Crippen LogP contribution >= 0.6 is 11.8 Å². The molecule has 41 heavy (non-hydrogen) atoms. The Morgan fingerprint density at radius 3 is 2.59 bits per heavy atom. The van der Waals surface area contributed by atoms with Crippen molar-refractivity contribution < 1.29 is 38.7 Å². The third-order valence-electron chi connectivity index (χ3n) is 9.29. The second kappa shape index (κ2) is 9.17. The summed E-state index contributed by atoms with van der Waals surface area (Å²) in [6.07, 6.45) is -0.140. The minimum absolute atomic E-state index is 0.0247. The zero-order chi connectivity index (χ0) is 28.9. The highest BCUT2D eigenvalue weighted by atomic mass is 32.2. The van der Waals surface area contributed by atoms with Crippen LogP contribution in [0.5, 0.6) is 28.7 Å². The number of hydrogen-bond donors (Lipinski definition) is 2. The van der Waals surface area contributed by atoms with Crippen LogP contribution in [0.1, 0.15) is 50.7 Å². The number of carbonyl (C=O) groups excluding carboxylic acids is 2. The van der Waals surface area contributed by atoms with Crippen molar-refractivity contribution in [2.24, 2.45) is 0 Å². The highest BCUT2D eigenvalue weighted by Crippen LogP contribution is 2.63. The van der Waals surface area contributed by atoms with Crippen LogP contribution in [0.3, 0.4) is 0 Å². The third kappa shape index (κ3) is 3.40. The first-order valence-electron chi connectivity index (χ1n) is 13.4. The topological polar surface area (TPSA) is 122 Å². The van der Waals surface area contributed by atoms with E-state index in [1.807, 2.05) is 20.0 Å². The Kier molecular flexibility index (Phi) is 5.87. The van der Waals surface area contributed by atoms with Crippen LogP contribution in [0.15, 0.2) is 6.07 Å². The molecule has 0 aromatic heterocycles. The second-order valence-corrected chi connectivity index (χ2v) is 12.3. The Morgan fingerprint density at radius 1 is 1.10 bits per heavy atom. The highest BCUT2D eigenvalue weighted by Gasteiger charge is 2.62. The monoisotopic (exact) mass is 579 g/mol. The van der Waals surface area contributed by atoms with Gasteiger partial charge in [-0.3, -0.25) is 14.5 Å². The van der Waals surface area contributed by atoms with E-state index < -0.39 is 41.3 Å². The molecule has 0 aliphatic carbocycles. The van der Waals surface area contributed by atoms with Crippen LogP contribution < -0.4 is 14.2 Å². The quantitative estimate of drug-likeness (QED) is 0.295. The lowest BCUT2D eigenvalue weighted by Crippen LogP contribution is -2.68. The highest BCUT2D eigenvalue weighted by molar-refractivity contribution is 8.00. The normalized spacial score (nSPS) is 30.1. The Bertz CT molecular complexity index is 1570. The predicted octanol–water partition coefficient (Wildman–Crippen LogP) is 2.93. The molecule has 11 nitrogen and oxygen atoms in total. The number of fused-ring (bicyclic) bond motifs is 9. The van der Waals surface area contributed by atoms with Crippen LogP contribution in [0.4, 0.5) is 0 Å². The van der Waals surface area contributed by atoms with Gasteiger partial charge in [0.05, 0.1) is 36.2 Å². The minimum atomic E-state index is -0.926. The van der Waals surface area contributed by atoms with E-state index in [0.717, 1.165) is 11.1 Å². The molecule has 5 aliphatic rings. The number of ether oxygens (including phenoxy) is 4. The summed E-state index contributed by atoms with van der Waals surface area (Å²) < 4.78 is 22.9. The first-order valence-corrected chi connectivity index (χ1v) is 14.5. The van der Waals surface area contributed by atoms with E-state index in [1.165, 1.54) is 18.9 Å². The van der Waals surface area contributed by atoms with Gasteiger partial charge in [0, 0.05) is 22.3 Å². The SMILES string of the molecule is [C-]#[N+][C@H]1[C@H]2Cc3cc(C)c(OC)c(O)c3[C@H](C3[C@@H]4SCC(=O)C(=O)OC[C@H](c5c6c(c(C)c(O)c54)OCO6)N31)N2C. The van der Waals surface area contributed by atoms with E-state index in [1.54, 1.807) is 6.92 Å². The fourth-order valence-electron chi connectivity index (χ4n) is 7.60. The predicted molar refractivity (Wildman–Crippen MR) is 146 cm³/mol. The third-order valence-corrected chi connectivity index (χ3v) is 10.6. The summed E-state index contributed by atoms with van der Waals surface area (Å²) in [7, 11) is 3.47. The van der Waals surface area contributed by atoms with Crippen molar-refractivity contribution in [2.45, 2.75) is 55.9 Å². The Morgan fingerprint density at radius 2 is 1.85 bits per heavy atom. The number of carbonyl (C=O) groups is 2. The van der Waals surface area contributed by atoms with E-state index in [4.69, 9.17) is 25.5 Å². The van der Waals surface area contributed by atoms with Crippen molar-refractivity contribution in [3.8, 4) is 28.7 Å². The van der Waals surface area contributed by atoms with Crippen molar-refractivity contribution in [3.63, 3.8) is 0 Å². The van der Waals surface area contributed by atoms with Gasteiger partial charge in [0.25, 0.3) is 6.17 Å². The molecule has 1 unspecified atom stereocenters. The molecule has 2 N–H and O–H groups in total. The first-order chi connectivity index (χ1) is 19.7. The van der Waals surface area contributed by atoms with E-state index in [2.05, 4.69) is 14.6 Å². The van der Waals surface area contributed by atoms with Gasteiger partial charge in [-0.15, -0.1) is 11.8 Å². The number of benzene rings is 2. The van der Waals surface area contributed by atoms with Gasteiger partial charge in [0.15, 0.2) is 23.0 Å². The number of phenolic OH excluding ortho intramolecular Hbond substituents is 2. The molecule has 5 heterocycles. The number of cyclic esters (lactones) is 1. The number of aryl methyl sites for hydroxylation is 1. The maximum absolute atomic E-state index is 12.8. The summed E-state index contributed by atoms with van der Waals surface area (Å²) in [5.41, 5.74) is 4.15. The number of ketones is 1. The van der Waals surface area contributed by atoms with Gasteiger partial charge in [0.2, 0.25) is 12.6 Å². The zero-order valence-electron chi connectivity index (χ0n) is 23.0. The smallest absolute Gasteiger partial charge is 0.375 e. The number of thioether (sulfide) groups is 1. The van der Waals surface area contributed by atoms with Gasteiger partial charge in [0.1, 0.15) is 18.4 Å².